The predicted octanol–water partition coefficient (Wildman–Crippen LogP) is 7.60. The topological polar surface area (TPSA) is 51.8 Å². The van der Waals surface area contributed by atoms with Gasteiger partial charge in [0.15, 0.2) is 0 Å². The summed E-state index contributed by atoms with van der Waals surface area (Å²) >= 11 is 0. The normalized spacial score (nSPS) is 12.2. The van der Waals surface area contributed by atoms with Crippen LogP contribution >= 0.6 is 0 Å². The van der Waals surface area contributed by atoms with Gasteiger partial charge in [-0.3, -0.25) is 4.98 Å². The number of hydrogen-bond donors (Lipinski definition) is 0. The lowest BCUT2D eigenvalue weighted by Crippen LogP contribution is -2.12. The highest BCUT2D eigenvalue weighted by Gasteiger charge is 2.19. The van der Waals surface area contributed by atoms with Crippen LogP contribution in [0.25, 0.3) is 44.4 Å². The fraction of sp³-hybridized carbons (Fsp3) is 0.276. The number of rotatable bonds is 4. The van der Waals surface area contributed by atoms with E-state index in [0.29, 0.717) is 5.92 Å². The predicted molar refractivity (Wildman–Crippen MR) is 135 cm³/mol. The molecule has 0 spiro atoms. The summed E-state index contributed by atoms with van der Waals surface area (Å²) in [6, 6.07) is 19.0. The van der Waals surface area contributed by atoms with Crippen LogP contribution in [0.1, 0.15) is 45.9 Å². The van der Waals surface area contributed by atoms with E-state index >= 15 is 0 Å². The Morgan fingerprint density at radius 2 is 1.64 bits per heavy atom. The average Bonchev–Trinajstić information content (AvgIpc) is 3.26. The number of pyridine rings is 1. The number of nitrogens with zero attached hydrogens (tertiary/aromatic N) is 3. The van der Waals surface area contributed by atoms with Gasteiger partial charge in [0.1, 0.15) is 11.9 Å². The van der Waals surface area contributed by atoms with Crippen LogP contribution in [0, 0.1) is 5.92 Å². The molecule has 4 heteroatoms. The molecule has 0 fully saturated rings. The molecule has 4 nitrogen and oxygen atoms in total. The number of aromatic nitrogens is 3. The highest BCUT2D eigenvalue weighted by molar-refractivity contribution is 5.91. The average molecular weight is 436 g/mol. The molecule has 0 aliphatic rings. The van der Waals surface area contributed by atoms with Crippen molar-refractivity contribution in [1.82, 2.24) is 15.0 Å². The minimum Gasteiger partial charge on any atom is -0.464 e. The molecule has 0 atom stereocenters. The molecule has 0 saturated heterocycles. The van der Waals surface area contributed by atoms with Gasteiger partial charge in [0.2, 0.25) is 0 Å². The number of benzene rings is 2. The molecule has 166 valence electrons. The minimum absolute atomic E-state index is 0.0170. The quantitative estimate of drug-likeness (QED) is 0.292. The molecule has 0 unspecified atom stereocenters. The van der Waals surface area contributed by atoms with Crippen LogP contribution < -0.4 is 0 Å². The zero-order chi connectivity index (χ0) is 23.2. The first-order chi connectivity index (χ1) is 15.8. The number of furan rings is 1. The van der Waals surface area contributed by atoms with Gasteiger partial charge in [-0.2, -0.15) is 0 Å². The molecule has 3 aromatic heterocycles. The van der Waals surface area contributed by atoms with Crippen molar-refractivity contribution in [3.63, 3.8) is 0 Å². The van der Waals surface area contributed by atoms with Crippen LogP contribution in [0.3, 0.4) is 0 Å². The van der Waals surface area contributed by atoms with Crippen LogP contribution in [0.2, 0.25) is 0 Å². The maximum atomic E-state index is 5.74. The van der Waals surface area contributed by atoms with Crippen LogP contribution in [-0.4, -0.2) is 15.0 Å². The van der Waals surface area contributed by atoms with Gasteiger partial charge in [-0.15, -0.1) is 0 Å². The van der Waals surface area contributed by atoms with Gasteiger partial charge in [-0.25, -0.2) is 9.97 Å². The van der Waals surface area contributed by atoms with Gasteiger partial charge >= 0.3 is 0 Å². The Labute approximate surface area is 194 Å². The monoisotopic (exact) mass is 435 g/mol. The Kier molecular flexibility index (Phi) is 5.24. The lowest BCUT2D eigenvalue weighted by atomic mass is 9.82. The van der Waals surface area contributed by atoms with Gasteiger partial charge in [-0.05, 0) is 58.4 Å². The lowest BCUT2D eigenvalue weighted by molar-refractivity contribution is 0.596. The van der Waals surface area contributed by atoms with Crippen molar-refractivity contribution in [2.45, 2.75) is 46.5 Å². The Balaban J connectivity index is 1.65. The van der Waals surface area contributed by atoms with Crippen molar-refractivity contribution in [3.05, 3.63) is 78.4 Å². The fourth-order valence-electron chi connectivity index (χ4n) is 4.44. The highest BCUT2D eigenvalue weighted by Crippen LogP contribution is 2.35. The molecule has 2 aromatic carbocycles. The number of hydrogen-bond acceptors (Lipinski definition) is 4. The van der Waals surface area contributed by atoms with Crippen LogP contribution in [-0.2, 0) is 11.8 Å². The molecule has 0 radical (unpaired) electrons. The number of fused-ring (bicyclic) bond motifs is 2. The second kappa shape index (κ2) is 8.11. The van der Waals surface area contributed by atoms with Crippen LogP contribution in [0.4, 0.5) is 0 Å². The summed E-state index contributed by atoms with van der Waals surface area (Å²) in [4.78, 5) is 14.2. The summed E-state index contributed by atoms with van der Waals surface area (Å²) < 4.78 is 5.74. The van der Waals surface area contributed by atoms with Crippen molar-refractivity contribution in [2.75, 3.05) is 0 Å². The lowest BCUT2D eigenvalue weighted by Gasteiger charge is -2.22. The maximum absolute atomic E-state index is 5.74. The second-order valence-corrected chi connectivity index (χ2v) is 10.2. The van der Waals surface area contributed by atoms with Crippen LogP contribution in [0.5, 0.6) is 0 Å². The SMILES string of the molecule is CC(C)Cc1nc(-c2cc(-c3cc(C(C)(C)C)c4ccccc4c3)ncn2)cc2occc12. The van der Waals surface area contributed by atoms with E-state index < -0.39 is 0 Å². The molecule has 0 amide bonds. The Morgan fingerprint density at radius 3 is 2.42 bits per heavy atom. The zero-order valence-corrected chi connectivity index (χ0v) is 19.9. The first-order valence-electron chi connectivity index (χ1n) is 11.5. The summed E-state index contributed by atoms with van der Waals surface area (Å²) in [5, 5.41) is 3.58. The summed E-state index contributed by atoms with van der Waals surface area (Å²) in [6.45, 7) is 11.2. The standard InChI is InChI=1S/C29H29N3O/c1-18(2)12-25-22-10-11-33-28(22)16-27(32-25)26-15-24(30-17-31-26)20-13-19-8-6-7-9-21(19)23(14-20)29(3,4)5/h6-11,13-18H,12H2,1-5H3. The van der Waals surface area contributed by atoms with E-state index in [2.05, 4.69) is 81.0 Å². The first kappa shape index (κ1) is 21.3. The third-order valence-electron chi connectivity index (χ3n) is 6.03. The summed E-state index contributed by atoms with van der Waals surface area (Å²) in [6.07, 6.45) is 4.25. The third-order valence-corrected chi connectivity index (χ3v) is 6.03. The van der Waals surface area contributed by atoms with Gasteiger partial charge in [0.25, 0.3) is 0 Å². The van der Waals surface area contributed by atoms with Gasteiger partial charge in [0.05, 0.1) is 29.0 Å². The molecule has 5 rings (SSSR count). The molecule has 0 bridgehead atoms. The molecule has 33 heavy (non-hydrogen) atoms. The first-order valence-corrected chi connectivity index (χ1v) is 11.5. The molecule has 5 aromatic rings. The van der Waals surface area contributed by atoms with Crippen molar-refractivity contribution >= 4 is 21.7 Å². The van der Waals surface area contributed by atoms with Crippen molar-refractivity contribution in [1.29, 1.82) is 0 Å². The van der Waals surface area contributed by atoms with Gasteiger partial charge < -0.3 is 4.42 Å². The molecule has 3 heterocycles. The smallest absolute Gasteiger partial charge is 0.137 e. The highest BCUT2D eigenvalue weighted by atomic mass is 16.3. The van der Waals surface area contributed by atoms with E-state index in [-0.39, 0.29) is 5.41 Å². The summed E-state index contributed by atoms with van der Waals surface area (Å²) in [5.41, 5.74) is 6.81. The molecular formula is C29H29N3O. The van der Waals surface area contributed by atoms with E-state index in [1.165, 1.54) is 16.3 Å². The molecule has 0 N–H and O–H groups in total. The van der Waals surface area contributed by atoms with Gasteiger partial charge in [0, 0.05) is 17.0 Å². The third kappa shape index (κ3) is 4.13. The second-order valence-electron chi connectivity index (χ2n) is 10.2. The summed E-state index contributed by atoms with van der Waals surface area (Å²) in [7, 11) is 0. The van der Waals surface area contributed by atoms with Crippen molar-refractivity contribution < 1.29 is 4.42 Å². The largest absolute Gasteiger partial charge is 0.464 e. The fourth-order valence-corrected chi connectivity index (χ4v) is 4.44. The van der Waals surface area contributed by atoms with Gasteiger partial charge in [-0.1, -0.05) is 58.9 Å². The molecule has 0 saturated carbocycles. The minimum atomic E-state index is 0.0170. The van der Waals surface area contributed by atoms with E-state index in [1.807, 2.05) is 18.2 Å². The molecule has 0 aliphatic carbocycles. The summed E-state index contributed by atoms with van der Waals surface area (Å²) in [5.74, 6) is 0.500. The van der Waals surface area contributed by atoms with Crippen LogP contribution in [0.15, 0.2) is 71.6 Å². The Bertz CT molecular complexity index is 1460. The molecule has 0 aliphatic heterocycles. The zero-order valence-electron chi connectivity index (χ0n) is 19.9. The van der Waals surface area contributed by atoms with E-state index in [0.717, 1.165) is 45.7 Å². The van der Waals surface area contributed by atoms with E-state index in [4.69, 9.17) is 9.40 Å². The molecular weight excluding hydrogens is 406 g/mol. The van der Waals surface area contributed by atoms with E-state index in [9.17, 15) is 0 Å². The van der Waals surface area contributed by atoms with Crippen molar-refractivity contribution in [2.24, 2.45) is 5.92 Å². The van der Waals surface area contributed by atoms with Crippen molar-refractivity contribution in [3.8, 4) is 22.6 Å². The Hall–Kier alpha value is -3.53. The van der Waals surface area contributed by atoms with E-state index in [1.54, 1.807) is 12.6 Å². The Morgan fingerprint density at radius 1 is 0.848 bits per heavy atom. The maximum Gasteiger partial charge on any atom is 0.137 e.